The van der Waals surface area contributed by atoms with Gasteiger partial charge in [0.05, 0.1) is 10.7 Å². The van der Waals surface area contributed by atoms with Gasteiger partial charge in [-0.3, -0.25) is 4.40 Å². The Morgan fingerprint density at radius 3 is 3.05 bits per heavy atom. The number of likely N-dealkylation sites (N-methyl/N-ethyl adjacent to an activating group) is 1. The van der Waals surface area contributed by atoms with E-state index in [1.807, 2.05) is 30.8 Å². The minimum Gasteiger partial charge on any atom is -0.313 e. The molecular formula is C14H13ClIN3S. The van der Waals surface area contributed by atoms with Gasteiger partial charge >= 0.3 is 0 Å². The van der Waals surface area contributed by atoms with E-state index in [4.69, 9.17) is 11.6 Å². The van der Waals surface area contributed by atoms with Gasteiger partial charge in [0, 0.05) is 33.8 Å². The first-order chi connectivity index (χ1) is 9.67. The van der Waals surface area contributed by atoms with E-state index in [-0.39, 0.29) is 6.04 Å². The summed E-state index contributed by atoms with van der Waals surface area (Å²) < 4.78 is 3.14. The van der Waals surface area contributed by atoms with E-state index in [0.29, 0.717) is 0 Å². The molecule has 0 saturated carbocycles. The van der Waals surface area contributed by atoms with E-state index < -0.39 is 0 Å². The number of nitrogens with one attached hydrogen (secondary N) is 1. The highest BCUT2D eigenvalue weighted by Crippen LogP contribution is 2.25. The van der Waals surface area contributed by atoms with Crippen molar-refractivity contribution in [3.63, 3.8) is 0 Å². The van der Waals surface area contributed by atoms with Crippen molar-refractivity contribution in [2.24, 2.45) is 0 Å². The molecule has 3 nitrogen and oxygen atoms in total. The molecule has 104 valence electrons. The van der Waals surface area contributed by atoms with Crippen LogP contribution in [0.1, 0.15) is 17.3 Å². The summed E-state index contributed by atoms with van der Waals surface area (Å²) in [5.74, 6) is 0. The maximum atomic E-state index is 6.21. The zero-order chi connectivity index (χ0) is 14.1. The van der Waals surface area contributed by atoms with Gasteiger partial charge in [-0.2, -0.15) is 0 Å². The summed E-state index contributed by atoms with van der Waals surface area (Å²) in [5, 5.41) is 6.19. The first kappa shape index (κ1) is 14.3. The zero-order valence-electron chi connectivity index (χ0n) is 10.8. The van der Waals surface area contributed by atoms with Gasteiger partial charge in [-0.05, 0) is 47.3 Å². The molecule has 0 bridgehead atoms. The Kier molecular flexibility index (Phi) is 4.30. The van der Waals surface area contributed by atoms with Crippen LogP contribution in [0.3, 0.4) is 0 Å². The van der Waals surface area contributed by atoms with Gasteiger partial charge in [0.25, 0.3) is 0 Å². The monoisotopic (exact) mass is 417 g/mol. The summed E-state index contributed by atoms with van der Waals surface area (Å²) in [6.07, 6.45) is 4.97. The Balaban J connectivity index is 1.85. The Morgan fingerprint density at radius 2 is 2.35 bits per heavy atom. The highest BCUT2D eigenvalue weighted by Gasteiger charge is 2.14. The van der Waals surface area contributed by atoms with Crippen molar-refractivity contribution in [2.45, 2.75) is 12.5 Å². The topological polar surface area (TPSA) is 29.3 Å². The molecule has 2 aromatic heterocycles. The molecule has 3 rings (SSSR count). The van der Waals surface area contributed by atoms with Gasteiger partial charge in [0.2, 0.25) is 0 Å². The van der Waals surface area contributed by atoms with Crippen LogP contribution in [0.15, 0.2) is 36.0 Å². The molecular weight excluding hydrogens is 405 g/mol. The van der Waals surface area contributed by atoms with Crippen molar-refractivity contribution in [2.75, 3.05) is 7.05 Å². The number of nitrogens with zero attached hydrogens (tertiary/aromatic N) is 2. The Morgan fingerprint density at radius 1 is 1.50 bits per heavy atom. The highest BCUT2D eigenvalue weighted by molar-refractivity contribution is 14.1. The number of fused-ring (bicyclic) bond motifs is 1. The Bertz CT molecular complexity index is 708. The third-order valence-corrected chi connectivity index (χ3v) is 5.59. The zero-order valence-corrected chi connectivity index (χ0v) is 14.5. The average molecular weight is 418 g/mol. The van der Waals surface area contributed by atoms with Gasteiger partial charge < -0.3 is 5.32 Å². The summed E-state index contributed by atoms with van der Waals surface area (Å²) in [7, 11) is 1.97. The number of thiazole rings is 1. The van der Waals surface area contributed by atoms with Crippen molar-refractivity contribution in [3.05, 3.63) is 55.8 Å². The van der Waals surface area contributed by atoms with Gasteiger partial charge in [-0.25, -0.2) is 4.98 Å². The smallest absolute Gasteiger partial charge is 0.193 e. The SMILES string of the molecule is CNC(Cc1cn2ccsc2n1)c1ccc(I)c(Cl)c1. The van der Waals surface area contributed by atoms with Crippen LogP contribution < -0.4 is 5.32 Å². The van der Waals surface area contributed by atoms with Crippen LogP contribution in [0.4, 0.5) is 0 Å². The van der Waals surface area contributed by atoms with Crippen molar-refractivity contribution < 1.29 is 0 Å². The number of hydrogen-bond acceptors (Lipinski definition) is 3. The lowest BCUT2D eigenvalue weighted by Gasteiger charge is -2.16. The second-order valence-electron chi connectivity index (χ2n) is 4.54. The predicted octanol–water partition coefficient (Wildman–Crippen LogP) is 4.16. The van der Waals surface area contributed by atoms with Crippen LogP contribution in [-0.4, -0.2) is 16.4 Å². The second kappa shape index (κ2) is 6.01. The normalized spacial score (nSPS) is 12.9. The Labute approximate surface area is 140 Å². The molecule has 6 heteroatoms. The fraction of sp³-hybridized carbons (Fsp3) is 0.214. The number of benzene rings is 1. The van der Waals surface area contributed by atoms with E-state index in [9.17, 15) is 0 Å². The number of imidazole rings is 1. The molecule has 0 aliphatic heterocycles. The van der Waals surface area contributed by atoms with Crippen molar-refractivity contribution in [1.29, 1.82) is 0 Å². The third kappa shape index (κ3) is 2.86. The third-order valence-electron chi connectivity index (χ3n) is 3.25. The van der Waals surface area contributed by atoms with Crippen LogP contribution in [-0.2, 0) is 6.42 Å². The van der Waals surface area contributed by atoms with Crippen molar-refractivity contribution in [1.82, 2.24) is 14.7 Å². The summed E-state index contributed by atoms with van der Waals surface area (Å²) in [5.41, 5.74) is 2.28. The van der Waals surface area contributed by atoms with Gasteiger partial charge in [-0.15, -0.1) is 11.3 Å². The molecule has 0 saturated heterocycles. The molecule has 0 fully saturated rings. The van der Waals surface area contributed by atoms with E-state index in [2.05, 4.69) is 49.6 Å². The molecule has 2 heterocycles. The molecule has 1 aromatic carbocycles. The Hall–Kier alpha value is -0.630. The standard InChI is InChI=1S/C14H13ClIN3S/c1-17-13(9-2-3-12(16)11(15)6-9)7-10-8-19-4-5-20-14(19)18-10/h2-6,8,13,17H,7H2,1H3. The second-order valence-corrected chi connectivity index (χ2v) is 6.99. The summed E-state index contributed by atoms with van der Waals surface area (Å²) in [6.45, 7) is 0. The largest absolute Gasteiger partial charge is 0.313 e. The number of halogens is 2. The average Bonchev–Trinajstić information content (AvgIpc) is 3.00. The van der Waals surface area contributed by atoms with Gasteiger partial charge in [0.1, 0.15) is 0 Å². The molecule has 1 N–H and O–H groups in total. The molecule has 0 aliphatic carbocycles. The number of hydrogen-bond donors (Lipinski definition) is 1. The van der Waals surface area contributed by atoms with Crippen LogP contribution in [0.5, 0.6) is 0 Å². The molecule has 0 aliphatic rings. The molecule has 0 amide bonds. The van der Waals surface area contributed by atoms with E-state index in [1.54, 1.807) is 11.3 Å². The molecule has 1 unspecified atom stereocenters. The highest BCUT2D eigenvalue weighted by atomic mass is 127. The van der Waals surface area contributed by atoms with E-state index in [1.165, 1.54) is 5.56 Å². The van der Waals surface area contributed by atoms with Crippen molar-refractivity contribution >= 4 is 50.5 Å². The molecule has 20 heavy (non-hydrogen) atoms. The number of aromatic nitrogens is 2. The summed E-state index contributed by atoms with van der Waals surface area (Å²) >= 11 is 10.1. The van der Waals surface area contributed by atoms with Crippen LogP contribution in [0.25, 0.3) is 4.96 Å². The molecule has 3 aromatic rings. The number of rotatable bonds is 4. The lowest BCUT2D eigenvalue weighted by atomic mass is 10.0. The maximum absolute atomic E-state index is 6.21. The first-order valence-corrected chi connectivity index (χ1v) is 8.54. The summed E-state index contributed by atoms with van der Waals surface area (Å²) in [4.78, 5) is 5.67. The minimum atomic E-state index is 0.217. The van der Waals surface area contributed by atoms with Crippen LogP contribution >= 0.6 is 45.5 Å². The first-order valence-electron chi connectivity index (χ1n) is 6.20. The maximum Gasteiger partial charge on any atom is 0.193 e. The lowest BCUT2D eigenvalue weighted by molar-refractivity contribution is 0.586. The minimum absolute atomic E-state index is 0.217. The lowest BCUT2D eigenvalue weighted by Crippen LogP contribution is -2.19. The molecule has 0 spiro atoms. The fourth-order valence-corrected chi connectivity index (χ4v) is 3.44. The molecule has 1 atom stereocenters. The van der Waals surface area contributed by atoms with E-state index >= 15 is 0 Å². The van der Waals surface area contributed by atoms with Gasteiger partial charge in [0.15, 0.2) is 4.96 Å². The van der Waals surface area contributed by atoms with Crippen LogP contribution in [0.2, 0.25) is 5.02 Å². The molecule has 0 radical (unpaired) electrons. The van der Waals surface area contributed by atoms with Crippen molar-refractivity contribution in [3.8, 4) is 0 Å². The van der Waals surface area contributed by atoms with Gasteiger partial charge in [-0.1, -0.05) is 17.7 Å². The fourth-order valence-electron chi connectivity index (χ4n) is 2.20. The quantitative estimate of drug-likeness (QED) is 0.646. The summed E-state index contributed by atoms with van der Waals surface area (Å²) in [6, 6.07) is 6.42. The predicted molar refractivity (Wildman–Crippen MR) is 92.7 cm³/mol. The van der Waals surface area contributed by atoms with Crippen LogP contribution in [0, 0.1) is 3.57 Å². The van der Waals surface area contributed by atoms with E-state index in [0.717, 1.165) is 25.7 Å².